The van der Waals surface area contributed by atoms with Crippen LogP contribution in [0.25, 0.3) is 0 Å². The molecule has 1 aromatic rings. The van der Waals surface area contributed by atoms with Crippen molar-refractivity contribution in [3.63, 3.8) is 0 Å². The van der Waals surface area contributed by atoms with Crippen molar-refractivity contribution in [2.24, 2.45) is 0 Å². The summed E-state index contributed by atoms with van der Waals surface area (Å²) in [4.78, 5) is 16.0. The molecule has 0 saturated carbocycles. The summed E-state index contributed by atoms with van der Waals surface area (Å²) in [5.41, 5.74) is 0.523. The normalized spacial score (nSPS) is 14.6. The number of benzene rings is 1. The van der Waals surface area contributed by atoms with Gasteiger partial charge in [-0.1, -0.05) is 17.7 Å². The molecule has 0 aromatic heterocycles. The Bertz CT molecular complexity index is 509. The molecule has 1 aliphatic heterocycles. The second kappa shape index (κ2) is 12.7. The first-order chi connectivity index (χ1) is 11.1. The number of hydrogen-bond acceptors (Lipinski definition) is 4. The van der Waals surface area contributed by atoms with Crippen LogP contribution in [0.2, 0.25) is 5.02 Å². The molecule has 0 atom stereocenters. The highest BCUT2D eigenvalue weighted by molar-refractivity contribution is 6.31. The zero-order valence-corrected chi connectivity index (χ0v) is 16.6. The quantitative estimate of drug-likeness (QED) is 0.692. The Morgan fingerprint density at radius 2 is 1.96 bits per heavy atom. The smallest absolute Gasteiger partial charge is 0.236 e. The fraction of sp³-hybridized carbons (Fsp3) is 0.562. The highest BCUT2D eigenvalue weighted by Crippen LogP contribution is 2.21. The summed E-state index contributed by atoms with van der Waals surface area (Å²) in [6, 6.07) is 4.73. The minimum absolute atomic E-state index is 0. The molecule has 0 aliphatic carbocycles. The van der Waals surface area contributed by atoms with Gasteiger partial charge in [0.1, 0.15) is 5.82 Å². The van der Waals surface area contributed by atoms with Crippen molar-refractivity contribution in [3.05, 3.63) is 34.6 Å². The number of amides is 1. The summed E-state index contributed by atoms with van der Waals surface area (Å²) in [5, 5.41) is 3.50. The summed E-state index contributed by atoms with van der Waals surface area (Å²) < 4.78 is 18.7. The largest absolute Gasteiger partial charge is 0.383 e. The molecule has 1 fully saturated rings. The maximum atomic E-state index is 13.8. The molecule has 0 radical (unpaired) electrons. The van der Waals surface area contributed by atoms with Gasteiger partial charge < -0.3 is 15.0 Å². The Kier molecular flexibility index (Phi) is 12.4. The molecule has 1 aliphatic rings. The van der Waals surface area contributed by atoms with E-state index in [0.29, 0.717) is 63.0 Å². The van der Waals surface area contributed by atoms with Crippen molar-refractivity contribution < 1.29 is 13.9 Å². The molecule has 1 heterocycles. The summed E-state index contributed by atoms with van der Waals surface area (Å²) in [6.45, 7) is 4.78. The zero-order chi connectivity index (χ0) is 16.7. The Morgan fingerprint density at radius 1 is 1.28 bits per heavy atom. The van der Waals surface area contributed by atoms with E-state index in [1.807, 2.05) is 4.90 Å². The van der Waals surface area contributed by atoms with Gasteiger partial charge in [0, 0.05) is 57.0 Å². The number of rotatable bonds is 7. The van der Waals surface area contributed by atoms with Crippen LogP contribution < -0.4 is 5.32 Å². The van der Waals surface area contributed by atoms with Crippen LogP contribution in [0.3, 0.4) is 0 Å². The third kappa shape index (κ3) is 7.64. The van der Waals surface area contributed by atoms with E-state index in [2.05, 4.69) is 10.2 Å². The van der Waals surface area contributed by atoms with Gasteiger partial charge in [-0.2, -0.15) is 0 Å². The lowest BCUT2D eigenvalue weighted by atomic mass is 10.2. The molecule has 0 bridgehead atoms. The van der Waals surface area contributed by atoms with E-state index in [1.54, 1.807) is 19.2 Å². The average Bonchev–Trinajstić information content (AvgIpc) is 2.55. The van der Waals surface area contributed by atoms with Gasteiger partial charge in [0.05, 0.1) is 13.2 Å². The lowest BCUT2D eigenvalue weighted by Crippen LogP contribution is -2.50. The Hall–Kier alpha value is -0.630. The fourth-order valence-electron chi connectivity index (χ4n) is 2.54. The van der Waals surface area contributed by atoms with Gasteiger partial charge in [-0.15, -0.1) is 24.8 Å². The molecule has 1 saturated heterocycles. The van der Waals surface area contributed by atoms with Gasteiger partial charge in [-0.05, 0) is 12.1 Å². The lowest BCUT2D eigenvalue weighted by Gasteiger charge is -2.35. The predicted octanol–water partition coefficient (Wildman–Crippen LogP) is 2.20. The van der Waals surface area contributed by atoms with Gasteiger partial charge in [-0.3, -0.25) is 9.69 Å². The molecule has 144 valence electrons. The maximum absolute atomic E-state index is 13.8. The zero-order valence-electron chi connectivity index (χ0n) is 14.2. The molecule has 0 unspecified atom stereocenters. The van der Waals surface area contributed by atoms with Crippen LogP contribution >= 0.6 is 36.4 Å². The van der Waals surface area contributed by atoms with Crippen LogP contribution in [0.4, 0.5) is 4.39 Å². The van der Waals surface area contributed by atoms with Crippen molar-refractivity contribution in [2.45, 2.75) is 6.54 Å². The number of nitrogens with zero attached hydrogens (tertiary/aromatic N) is 2. The van der Waals surface area contributed by atoms with E-state index in [4.69, 9.17) is 16.3 Å². The Balaban J connectivity index is 0.00000288. The summed E-state index contributed by atoms with van der Waals surface area (Å²) >= 11 is 6.06. The molecule has 2 rings (SSSR count). The SMILES string of the molecule is COCCNCC(=O)N1CCN(Cc2c(F)cccc2Cl)CC1.Cl.Cl. The van der Waals surface area contributed by atoms with Crippen molar-refractivity contribution >= 4 is 42.3 Å². The molecule has 9 heteroatoms. The molecule has 1 N–H and O–H groups in total. The number of nitrogens with one attached hydrogen (secondary N) is 1. The van der Waals surface area contributed by atoms with Crippen LogP contribution in [0.5, 0.6) is 0 Å². The highest BCUT2D eigenvalue weighted by atomic mass is 35.5. The van der Waals surface area contributed by atoms with Crippen LogP contribution in [-0.4, -0.2) is 68.7 Å². The van der Waals surface area contributed by atoms with Crippen molar-refractivity contribution in [1.82, 2.24) is 15.1 Å². The highest BCUT2D eigenvalue weighted by Gasteiger charge is 2.22. The van der Waals surface area contributed by atoms with E-state index < -0.39 is 0 Å². The number of carbonyl (C=O) groups excluding carboxylic acids is 1. The van der Waals surface area contributed by atoms with Gasteiger partial charge >= 0.3 is 0 Å². The third-order valence-electron chi connectivity index (χ3n) is 3.93. The first-order valence-electron chi connectivity index (χ1n) is 7.74. The van der Waals surface area contributed by atoms with Crippen LogP contribution in [0, 0.1) is 5.82 Å². The lowest BCUT2D eigenvalue weighted by molar-refractivity contribution is -0.132. The van der Waals surface area contributed by atoms with E-state index >= 15 is 0 Å². The first kappa shape index (κ1) is 24.4. The number of halogens is 4. The second-order valence-corrected chi connectivity index (χ2v) is 5.93. The van der Waals surface area contributed by atoms with E-state index in [0.717, 1.165) is 0 Å². The summed E-state index contributed by atoms with van der Waals surface area (Å²) in [7, 11) is 1.63. The van der Waals surface area contributed by atoms with Crippen LogP contribution in [-0.2, 0) is 16.1 Å². The van der Waals surface area contributed by atoms with Crippen LogP contribution in [0.15, 0.2) is 18.2 Å². The van der Waals surface area contributed by atoms with Gasteiger partial charge in [0.25, 0.3) is 0 Å². The first-order valence-corrected chi connectivity index (χ1v) is 8.12. The summed E-state index contributed by atoms with van der Waals surface area (Å²) in [6.07, 6.45) is 0. The standard InChI is InChI=1S/C16H23ClFN3O2.2ClH/c1-23-10-5-19-11-16(22)21-8-6-20(7-9-21)12-13-14(17)3-2-4-15(13)18;;/h2-4,19H,5-12H2,1H3;2*1H. The minimum Gasteiger partial charge on any atom is -0.383 e. The Labute approximate surface area is 165 Å². The molecular formula is C16H25Cl3FN3O2. The average molecular weight is 417 g/mol. The number of ether oxygens (including phenoxy) is 1. The topological polar surface area (TPSA) is 44.8 Å². The van der Waals surface area contributed by atoms with Gasteiger partial charge in [-0.25, -0.2) is 4.39 Å². The number of piperazine rings is 1. The minimum atomic E-state index is -0.279. The van der Waals surface area contributed by atoms with Crippen molar-refractivity contribution in [3.8, 4) is 0 Å². The second-order valence-electron chi connectivity index (χ2n) is 5.53. The predicted molar refractivity (Wildman–Crippen MR) is 103 cm³/mol. The van der Waals surface area contributed by atoms with Crippen molar-refractivity contribution in [2.75, 3.05) is 53.0 Å². The van der Waals surface area contributed by atoms with Crippen molar-refractivity contribution in [1.29, 1.82) is 0 Å². The molecule has 25 heavy (non-hydrogen) atoms. The number of methoxy groups -OCH3 is 1. The van der Waals surface area contributed by atoms with Gasteiger partial charge in [0.2, 0.25) is 5.91 Å². The van der Waals surface area contributed by atoms with E-state index in [1.165, 1.54) is 6.07 Å². The monoisotopic (exact) mass is 415 g/mol. The maximum Gasteiger partial charge on any atom is 0.236 e. The molecule has 0 spiro atoms. The number of hydrogen-bond donors (Lipinski definition) is 1. The third-order valence-corrected chi connectivity index (χ3v) is 4.28. The molecule has 5 nitrogen and oxygen atoms in total. The fourth-order valence-corrected chi connectivity index (χ4v) is 2.77. The molecular weight excluding hydrogens is 392 g/mol. The Morgan fingerprint density at radius 3 is 2.56 bits per heavy atom. The van der Waals surface area contributed by atoms with E-state index in [-0.39, 0.29) is 36.5 Å². The summed E-state index contributed by atoms with van der Waals surface area (Å²) in [5.74, 6) is -0.192. The van der Waals surface area contributed by atoms with E-state index in [9.17, 15) is 9.18 Å². The number of carbonyl (C=O) groups is 1. The molecule has 1 aromatic carbocycles. The van der Waals surface area contributed by atoms with Crippen LogP contribution in [0.1, 0.15) is 5.56 Å². The molecule has 1 amide bonds. The van der Waals surface area contributed by atoms with Gasteiger partial charge in [0.15, 0.2) is 0 Å².